The van der Waals surface area contributed by atoms with Gasteiger partial charge in [-0.25, -0.2) is 4.39 Å². The molecule has 0 bridgehead atoms. The number of nitrogens with two attached hydrogens (primary N) is 1. The number of anilines is 2. The van der Waals surface area contributed by atoms with Crippen molar-refractivity contribution in [2.45, 2.75) is 47.6 Å². The second-order valence-electron chi connectivity index (χ2n) is 8.09. The van der Waals surface area contributed by atoms with Gasteiger partial charge < -0.3 is 10.6 Å². The van der Waals surface area contributed by atoms with Crippen LogP contribution in [0.2, 0.25) is 0 Å². The zero-order valence-electron chi connectivity index (χ0n) is 16.7. The van der Waals surface area contributed by atoms with Gasteiger partial charge in [0.1, 0.15) is 5.82 Å². The summed E-state index contributed by atoms with van der Waals surface area (Å²) >= 11 is 0. The molecule has 0 unspecified atom stereocenters. The first-order chi connectivity index (χ1) is 12.6. The van der Waals surface area contributed by atoms with E-state index in [0.717, 1.165) is 33.6 Å². The lowest BCUT2D eigenvalue weighted by Crippen LogP contribution is -2.31. The van der Waals surface area contributed by atoms with E-state index in [2.05, 4.69) is 10.6 Å². The summed E-state index contributed by atoms with van der Waals surface area (Å²) in [5.41, 5.74) is 5.29. The molecule has 0 atom stereocenters. The van der Waals surface area contributed by atoms with E-state index < -0.39 is 0 Å². The Bertz CT molecular complexity index is 836. The molecule has 0 aliphatic carbocycles. The predicted molar refractivity (Wildman–Crippen MR) is 109 cm³/mol. The third-order valence-corrected chi connectivity index (χ3v) is 4.34. The van der Waals surface area contributed by atoms with Gasteiger partial charge in [-0.15, -0.1) is 0 Å². The van der Waals surface area contributed by atoms with E-state index in [4.69, 9.17) is 5.41 Å². The van der Waals surface area contributed by atoms with Crippen molar-refractivity contribution in [2.75, 3.05) is 10.6 Å². The van der Waals surface area contributed by atoms with Crippen LogP contribution in [-0.2, 0) is 11.3 Å². The van der Waals surface area contributed by atoms with Gasteiger partial charge in [-0.2, -0.15) is 0 Å². The van der Waals surface area contributed by atoms with E-state index in [1.54, 1.807) is 18.3 Å². The minimum atomic E-state index is -0.253. The molecule has 0 spiro atoms. The molecule has 0 saturated heterocycles. The summed E-state index contributed by atoms with van der Waals surface area (Å²) in [6.07, 6.45) is 1.99. The van der Waals surface area contributed by atoms with Crippen molar-refractivity contribution in [3.8, 4) is 0 Å². The first-order valence-electron chi connectivity index (χ1n) is 9.08. The molecule has 2 aromatic carbocycles. The lowest BCUT2D eigenvalue weighted by atomic mass is 9.91. The maximum atomic E-state index is 13.0. The van der Waals surface area contributed by atoms with Crippen LogP contribution in [0.4, 0.5) is 15.8 Å². The smallest absolute Gasteiger partial charge is 0.224 e. The summed E-state index contributed by atoms with van der Waals surface area (Å²) in [4.78, 5) is 12.4. The Morgan fingerprint density at radius 2 is 1.81 bits per heavy atom. The van der Waals surface area contributed by atoms with Crippen molar-refractivity contribution in [2.24, 2.45) is 5.41 Å². The average molecular weight is 370 g/mol. The summed E-state index contributed by atoms with van der Waals surface area (Å²) in [6.45, 7) is 10.6. The normalized spacial score (nSPS) is 11.2. The molecule has 0 fully saturated rings. The van der Waals surface area contributed by atoms with Crippen molar-refractivity contribution >= 4 is 23.5 Å². The first kappa shape index (κ1) is 20.6. The molecular weight excluding hydrogens is 341 g/mol. The van der Waals surface area contributed by atoms with Crippen molar-refractivity contribution in [1.29, 1.82) is 0 Å². The van der Waals surface area contributed by atoms with Crippen molar-refractivity contribution in [3.63, 3.8) is 0 Å². The fourth-order valence-electron chi connectivity index (χ4n) is 3.02. The SMILES string of the molecule is Cc1cc(NCc2ccc(F)cc2)c(C=[NH2+])c(C)c1NC(=O)CC(C)(C)C. The standard InChI is InChI=1S/C22H28FN3O/c1-14-10-19(25-13-16-6-8-17(23)9-7-16)18(12-24)15(2)21(14)26-20(27)11-22(3,4)5/h6-10,12,24-25H,11,13H2,1-5H3,(H,26,27)/p+1. The highest BCUT2D eigenvalue weighted by molar-refractivity contribution is 5.97. The van der Waals surface area contributed by atoms with E-state index in [0.29, 0.717) is 13.0 Å². The van der Waals surface area contributed by atoms with E-state index in [-0.39, 0.29) is 17.1 Å². The Morgan fingerprint density at radius 1 is 1.19 bits per heavy atom. The zero-order valence-corrected chi connectivity index (χ0v) is 16.7. The molecule has 4 nitrogen and oxygen atoms in total. The van der Waals surface area contributed by atoms with Crippen LogP contribution in [-0.4, -0.2) is 12.1 Å². The minimum Gasteiger partial charge on any atom is -0.380 e. The van der Waals surface area contributed by atoms with Crippen molar-refractivity contribution in [3.05, 3.63) is 58.4 Å². The molecule has 0 heterocycles. The van der Waals surface area contributed by atoms with Gasteiger partial charge in [0, 0.05) is 24.3 Å². The molecule has 1 amide bonds. The Labute approximate surface area is 160 Å². The number of nitrogens with one attached hydrogen (secondary N) is 2. The highest BCUT2D eigenvalue weighted by atomic mass is 19.1. The maximum Gasteiger partial charge on any atom is 0.224 e. The molecule has 4 N–H and O–H groups in total. The van der Waals surface area contributed by atoms with Crippen LogP contribution in [0.15, 0.2) is 30.3 Å². The zero-order chi connectivity index (χ0) is 20.2. The van der Waals surface area contributed by atoms with E-state index in [1.165, 1.54) is 12.1 Å². The Hall–Kier alpha value is -2.69. The number of hydrogen-bond donors (Lipinski definition) is 3. The Morgan fingerprint density at radius 3 is 2.37 bits per heavy atom. The number of aryl methyl sites for hydroxylation is 1. The van der Waals surface area contributed by atoms with Gasteiger partial charge >= 0.3 is 0 Å². The number of carbonyl (C=O) groups excluding carboxylic acids is 1. The van der Waals surface area contributed by atoms with Crippen LogP contribution >= 0.6 is 0 Å². The van der Waals surface area contributed by atoms with E-state index in [9.17, 15) is 9.18 Å². The van der Waals surface area contributed by atoms with Crippen LogP contribution in [0, 0.1) is 25.1 Å². The highest BCUT2D eigenvalue weighted by Gasteiger charge is 2.19. The number of carbonyl (C=O) groups is 1. The largest absolute Gasteiger partial charge is 0.380 e. The van der Waals surface area contributed by atoms with Gasteiger partial charge in [0.15, 0.2) is 6.21 Å². The number of benzene rings is 2. The summed E-state index contributed by atoms with van der Waals surface area (Å²) < 4.78 is 13.0. The molecule has 0 saturated carbocycles. The highest BCUT2D eigenvalue weighted by Crippen LogP contribution is 2.30. The van der Waals surface area contributed by atoms with Crippen molar-refractivity contribution < 1.29 is 14.6 Å². The number of amides is 1. The number of halogens is 1. The summed E-state index contributed by atoms with van der Waals surface area (Å²) in [5, 5.41) is 12.3. The fourth-order valence-corrected chi connectivity index (χ4v) is 3.02. The summed E-state index contributed by atoms with van der Waals surface area (Å²) in [5.74, 6) is -0.263. The third-order valence-electron chi connectivity index (χ3n) is 4.34. The van der Waals surface area contributed by atoms with Gasteiger partial charge in [0.25, 0.3) is 0 Å². The molecule has 2 rings (SSSR count). The number of rotatable bonds is 6. The molecule has 0 aromatic heterocycles. The molecule has 5 heteroatoms. The topological polar surface area (TPSA) is 66.7 Å². The van der Waals surface area contributed by atoms with Crippen LogP contribution in [0.25, 0.3) is 0 Å². The van der Waals surface area contributed by atoms with Gasteiger partial charge in [0.2, 0.25) is 5.91 Å². The van der Waals surface area contributed by atoms with E-state index in [1.807, 2.05) is 40.7 Å². The van der Waals surface area contributed by atoms with Crippen molar-refractivity contribution in [1.82, 2.24) is 0 Å². The molecule has 27 heavy (non-hydrogen) atoms. The summed E-state index contributed by atoms with van der Waals surface area (Å²) in [6, 6.07) is 8.35. The van der Waals surface area contributed by atoms with E-state index >= 15 is 0 Å². The first-order valence-corrected chi connectivity index (χ1v) is 9.08. The van der Waals surface area contributed by atoms with Crippen LogP contribution in [0.1, 0.15) is 49.4 Å². The van der Waals surface area contributed by atoms with Crippen LogP contribution in [0.5, 0.6) is 0 Å². The maximum absolute atomic E-state index is 13.0. The number of hydrogen-bond acceptors (Lipinski definition) is 2. The molecular formula is C22H29FN3O+. The second-order valence-corrected chi connectivity index (χ2v) is 8.09. The molecule has 0 aliphatic rings. The average Bonchev–Trinajstić information content (AvgIpc) is 2.56. The monoisotopic (exact) mass is 370 g/mol. The predicted octanol–water partition coefficient (Wildman–Crippen LogP) is 3.61. The Balaban J connectivity index is 2.24. The van der Waals surface area contributed by atoms with Gasteiger partial charge in [-0.3, -0.25) is 10.2 Å². The Kier molecular flexibility index (Phi) is 6.37. The van der Waals surface area contributed by atoms with Gasteiger partial charge in [-0.1, -0.05) is 32.9 Å². The molecule has 2 aromatic rings. The lowest BCUT2D eigenvalue weighted by Gasteiger charge is -2.21. The summed E-state index contributed by atoms with van der Waals surface area (Å²) in [7, 11) is 0. The van der Waals surface area contributed by atoms with Gasteiger partial charge in [-0.05, 0) is 54.2 Å². The second kappa shape index (κ2) is 8.33. The molecule has 144 valence electrons. The molecule has 0 radical (unpaired) electrons. The molecule has 0 aliphatic heterocycles. The van der Waals surface area contributed by atoms with Crippen LogP contribution < -0.4 is 16.0 Å². The van der Waals surface area contributed by atoms with Gasteiger partial charge in [0.05, 0.1) is 5.56 Å². The quantitative estimate of drug-likeness (QED) is 0.680. The fraction of sp³-hybridized carbons (Fsp3) is 0.364. The van der Waals surface area contributed by atoms with Crippen LogP contribution in [0.3, 0.4) is 0 Å². The lowest BCUT2D eigenvalue weighted by molar-refractivity contribution is -0.117. The third kappa shape index (κ3) is 5.64. The minimum absolute atomic E-state index is 0.0105.